The van der Waals surface area contributed by atoms with E-state index < -0.39 is 5.97 Å². The molecule has 1 aliphatic heterocycles. The fourth-order valence-corrected chi connectivity index (χ4v) is 3.51. The summed E-state index contributed by atoms with van der Waals surface area (Å²) in [5.74, 6) is 0.767. The highest BCUT2D eigenvalue weighted by Gasteiger charge is 2.17. The summed E-state index contributed by atoms with van der Waals surface area (Å²) in [7, 11) is 0. The Morgan fingerprint density at radius 1 is 1.22 bits per heavy atom. The molecule has 3 aromatic rings. The molecule has 4 rings (SSSR count). The van der Waals surface area contributed by atoms with Crippen LogP contribution < -0.4 is 5.32 Å². The number of rotatable bonds is 4. The number of aromatic nitrogens is 2. The number of nitrogens with zero attached hydrogens (tertiary/aromatic N) is 2. The molecule has 0 saturated heterocycles. The molecule has 0 saturated carbocycles. The number of amides is 1. The zero-order chi connectivity index (χ0) is 18.6. The topological polar surface area (TPSA) is 94.3 Å². The summed E-state index contributed by atoms with van der Waals surface area (Å²) in [5.41, 5.74) is 1.79. The maximum atomic E-state index is 12.3. The molecule has 2 aromatic carbocycles. The third-order valence-electron chi connectivity index (χ3n) is 3.90. The third-order valence-corrected chi connectivity index (χ3v) is 4.98. The average Bonchev–Trinajstić information content (AvgIpc) is 3.08. The van der Waals surface area contributed by atoms with Gasteiger partial charge in [0.05, 0.1) is 11.3 Å². The molecule has 2 heterocycles. The lowest BCUT2D eigenvalue weighted by atomic mass is 10.2. The fourth-order valence-electron chi connectivity index (χ4n) is 2.58. The summed E-state index contributed by atoms with van der Waals surface area (Å²) in [5, 5.41) is 6.69. The Kier molecular flexibility index (Phi) is 4.88. The first kappa shape index (κ1) is 17.3. The molecular formula is C19H15N3O4S. The molecule has 0 spiro atoms. The molecule has 0 bridgehead atoms. The van der Waals surface area contributed by atoms with Crippen molar-refractivity contribution in [3.8, 4) is 11.4 Å². The van der Waals surface area contributed by atoms with Crippen molar-refractivity contribution in [3.63, 3.8) is 0 Å². The first-order chi connectivity index (χ1) is 13.2. The van der Waals surface area contributed by atoms with Gasteiger partial charge in [-0.2, -0.15) is 4.98 Å². The van der Waals surface area contributed by atoms with Crippen molar-refractivity contribution in [2.24, 2.45) is 0 Å². The molecule has 0 unspecified atom stereocenters. The molecule has 0 radical (unpaired) electrons. The van der Waals surface area contributed by atoms with E-state index in [4.69, 9.17) is 9.26 Å². The van der Waals surface area contributed by atoms with Gasteiger partial charge in [-0.25, -0.2) is 4.79 Å². The quantitative estimate of drug-likeness (QED) is 0.691. The number of esters is 1. The SMILES string of the molecule is O=C1CCSc2ccc(C(=O)OCc3nc(-c4ccccc4)no3)cc2N1. The minimum atomic E-state index is -0.527. The van der Waals surface area contributed by atoms with Crippen LogP contribution in [0.5, 0.6) is 0 Å². The molecule has 1 N–H and O–H groups in total. The summed E-state index contributed by atoms with van der Waals surface area (Å²) < 4.78 is 10.4. The number of anilines is 1. The molecule has 27 heavy (non-hydrogen) atoms. The van der Waals surface area contributed by atoms with Gasteiger partial charge >= 0.3 is 5.97 Å². The van der Waals surface area contributed by atoms with Gasteiger partial charge in [-0.1, -0.05) is 35.5 Å². The summed E-state index contributed by atoms with van der Waals surface area (Å²) in [4.78, 5) is 29.2. The summed E-state index contributed by atoms with van der Waals surface area (Å²) in [6.45, 7) is -0.128. The van der Waals surface area contributed by atoms with E-state index in [1.807, 2.05) is 36.4 Å². The van der Waals surface area contributed by atoms with Crippen molar-refractivity contribution >= 4 is 29.3 Å². The van der Waals surface area contributed by atoms with Gasteiger partial charge in [0.25, 0.3) is 5.89 Å². The van der Waals surface area contributed by atoms with E-state index in [0.29, 0.717) is 29.2 Å². The number of fused-ring (bicyclic) bond motifs is 1. The highest BCUT2D eigenvalue weighted by Crippen LogP contribution is 2.31. The van der Waals surface area contributed by atoms with E-state index in [0.717, 1.165) is 10.5 Å². The van der Waals surface area contributed by atoms with Gasteiger partial charge in [-0.3, -0.25) is 4.79 Å². The third kappa shape index (κ3) is 4.01. The first-order valence-electron chi connectivity index (χ1n) is 8.31. The van der Waals surface area contributed by atoms with E-state index in [9.17, 15) is 9.59 Å². The second-order valence-electron chi connectivity index (χ2n) is 5.81. The first-order valence-corrected chi connectivity index (χ1v) is 9.29. The Bertz CT molecular complexity index is 988. The number of benzene rings is 2. The minimum absolute atomic E-state index is 0.0638. The lowest BCUT2D eigenvalue weighted by molar-refractivity contribution is -0.115. The average molecular weight is 381 g/mol. The van der Waals surface area contributed by atoms with Crippen molar-refractivity contribution < 1.29 is 18.8 Å². The number of carbonyl (C=O) groups is 2. The molecule has 1 aromatic heterocycles. The van der Waals surface area contributed by atoms with Crippen LogP contribution in [0.25, 0.3) is 11.4 Å². The van der Waals surface area contributed by atoms with E-state index in [2.05, 4.69) is 15.5 Å². The molecule has 7 nitrogen and oxygen atoms in total. The maximum absolute atomic E-state index is 12.3. The van der Waals surface area contributed by atoms with Gasteiger partial charge in [-0.05, 0) is 18.2 Å². The predicted octanol–water partition coefficient (Wildman–Crippen LogP) is 3.53. The van der Waals surface area contributed by atoms with Crippen LogP contribution in [0.1, 0.15) is 22.7 Å². The Hall–Kier alpha value is -3.13. The van der Waals surface area contributed by atoms with E-state index in [1.54, 1.807) is 23.9 Å². The molecule has 136 valence electrons. The minimum Gasteiger partial charge on any atom is -0.452 e. The molecule has 1 amide bonds. The zero-order valence-electron chi connectivity index (χ0n) is 14.2. The van der Waals surface area contributed by atoms with Crippen LogP contribution in [0.15, 0.2) is 57.9 Å². The molecular weight excluding hydrogens is 366 g/mol. The zero-order valence-corrected chi connectivity index (χ0v) is 15.0. The highest BCUT2D eigenvalue weighted by molar-refractivity contribution is 7.99. The van der Waals surface area contributed by atoms with Crippen molar-refractivity contribution in [2.75, 3.05) is 11.1 Å². The van der Waals surface area contributed by atoms with Gasteiger partial charge in [0.2, 0.25) is 11.7 Å². The number of hydrogen-bond acceptors (Lipinski definition) is 7. The van der Waals surface area contributed by atoms with Crippen molar-refractivity contribution in [2.45, 2.75) is 17.9 Å². The Labute approximate surface area is 159 Å². The van der Waals surface area contributed by atoms with Crippen LogP contribution in [-0.2, 0) is 16.1 Å². The second-order valence-corrected chi connectivity index (χ2v) is 6.95. The smallest absolute Gasteiger partial charge is 0.338 e. The van der Waals surface area contributed by atoms with Crippen molar-refractivity contribution in [3.05, 3.63) is 60.0 Å². The molecule has 0 fully saturated rings. The summed E-state index contributed by atoms with van der Waals surface area (Å²) in [6.07, 6.45) is 0.444. The summed E-state index contributed by atoms with van der Waals surface area (Å²) in [6, 6.07) is 14.5. The normalized spacial score (nSPS) is 13.4. The van der Waals surface area contributed by atoms with E-state index in [-0.39, 0.29) is 18.4 Å². The number of nitrogens with one attached hydrogen (secondary N) is 1. The van der Waals surface area contributed by atoms with Crippen LogP contribution in [0, 0.1) is 0 Å². The molecule has 8 heteroatoms. The van der Waals surface area contributed by atoms with Gasteiger partial charge in [0.1, 0.15) is 0 Å². The maximum Gasteiger partial charge on any atom is 0.338 e. The Morgan fingerprint density at radius 2 is 2.07 bits per heavy atom. The lowest BCUT2D eigenvalue weighted by Gasteiger charge is -2.08. The van der Waals surface area contributed by atoms with Crippen LogP contribution >= 0.6 is 11.8 Å². The molecule has 0 atom stereocenters. The second kappa shape index (κ2) is 7.63. The standard InChI is InChI=1S/C19H15N3O4S/c23-16-8-9-27-15-7-6-13(10-14(15)20-16)19(24)25-11-17-21-18(22-26-17)12-4-2-1-3-5-12/h1-7,10H,8-9,11H2,(H,20,23). The Morgan fingerprint density at radius 3 is 2.93 bits per heavy atom. The Balaban J connectivity index is 1.43. The number of carbonyl (C=O) groups excluding carboxylic acids is 2. The summed E-state index contributed by atoms with van der Waals surface area (Å²) >= 11 is 1.58. The van der Waals surface area contributed by atoms with Crippen LogP contribution in [-0.4, -0.2) is 27.8 Å². The van der Waals surface area contributed by atoms with Crippen LogP contribution in [0.3, 0.4) is 0 Å². The molecule has 1 aliphatic rings. The predicted molar refractivity (Wildman–Crippen MR) is 99.3 cm³/mol. The lowest BCUT2D eigenvalue weighted by Crippen LogP contribution is -2.11. The number of thioether (sulfide) groups is 1. The van der Waals surface area contributed by atoms with Gasteiger partial charge in [0, 0.05) is 22.6 Å². The molecule has 0 aliphatic carbocycles. The fraction of sp³-hybridized carbons (Fsp3) is 0.158. The van der Waals surface area contributed by atoms with Crippen LogP contribution in [0.4, 0.5) is 5.69 Å². The monoisotopic (exact) mass is 381 g/mol. The number of ether oxygens (including phenoxy) is 1. The van der Waals surface area contributed by atoms with E-state index in [1.165, 1.54) is 0 Å². The van der Waals surface area contributed by atoms with Crippen molar-refractivity contribution in [1.29, 1.82) is 0 Å². The van der Waals surface area contributed by atoms with Crippen LogP contribution in [0.2, 0.25) is 0 Å². The highest BCUT2D eigenvalue weighted by atomic mass is 32.2. The van der Waals surface area contributed by atoms with Gasteiger partial charge < -0.3 is 14.6 Å². The number of hydrogen-bond donors (Lipinski definition) is 1. The van der Waals surface area contributed by atoms with Crippen molar-refractivity contribution in [1.82, 2.24) is 10.1 Å². The largest absolute Gasteiger partial charge is 0.452 e. The van der Waals surface area contributed by atoms with Gasteiger partial charge in [-0.15, -0.1) is 11.8 Å². The van der Waals surface area contributed by atoms with Gasteiger partial charge in [0.15, 0.2) is 6.61 Å². The van der Waals surface area contributed by atoms with E-state index >= 15 is 0 Å².